The summed E-state index contributed by atoms with van der Waals surface area (Å²) in [5, 5.41) is 9.59. The van der Waals surface area contributed by atoms with Crippen molar-refractivity contribution >= 4 is 0 Å². The summed E-state index contributed by atoms with van der Waals surface area (Å²) in [5.74, 6) is 0. The fourth-order valence-electron chi connectivity index (χ4n) is 3.02. The summed E-state index contributed by atoms with van der Waals surface area (Å²) in [4.78, 5) is 0. The second-order valence-corrected chi connectivity index (χ2v) is 6.08. The lowest BCUT2D eigenvalue weighted by atomic mass is 10.1. The molecule has 4 nitrogen and oxygen atoms in total. The summed E-state index contributed by atoms with van der Waals surface area (Å²) in [6, 6.07) is 20.0. The van der Waals surface area contributed by atoms with Crippen LogP contribution in [0, 0.1) is 0 Å². The predicted octanol–water partition coefficient (Wildman–Crippen LogP) is 2.94. The van der Waals surface area contributed by atoms with Gasteiger partial charge in [0.05, 0.1) is 25.9 Å². The van der Waals surface area contributed by atoms with Gasteiger partial charge in [0.2, 0.25) is 0 Å². The normalized spacial score (nSPS) is 26.6. The molecule has 0 radical (unpaired) electrons. The van der Waals surface area contributed by atoms with Gasteiger partial charge in [-0.3, -0.25) is 0 Å². The maximum Gasteiger partial charge on any atom is 0.115 e. The minimum Gasteiger partial charge on any atom is -0.394 e. The van der Waals surface area contributed by atoms with Crippen molar-refractivity contribution in [2.24, 2.45) is 0 Å². The van der Waals surface area contributed by atoms with Crippen LogP contribution in [-0.2, 0) is 27.4 Å². The minimum absolute atomic E-state index is 0.0744. The van der Waals surface area contributed by atoms with E-state index in [9.17, 15) is 5.11 Å². The molecule has 4 atom stereocenters. The molecule has 1 fully saturated rings. The van der Waals surface area contributed by atoms with Gasteiger partial charge < -0.3 is 19.3 Å². The molecule has 1 heterocycles. The molecule has 1 aliphatic heterocycles. The molecule has 1 aliphatic rings. The van der Waals surface area contributed by atoms with Crippen molar-refractivity contribution in [1.82, 2.24) is 0 Å². The fraction of sp³-hybridized carbons (Fsp3) is 0.400. The first kappa shape index (κ1) is 17.1. The molecule has 0 aliphatic carbocycles. The molecule has 0 bridgehead atoms. The number of hydrogen-bond donors (Lipinski definition) is 1. The Balaban J connectivity index is 1.63. The summed E-state index contributed by atoms with van der Waals surface area (Å²) < 4.78 is 17.9. The first-order chi connectivity index (χ1) is 11.8. The third-order valence-corrected chi connectivity index (χ3v) is 4.29. The highest BCUT2D eigenvalue weighted by atomic mass is 16.6. The first-order valence-corrected chi connectivity index (χ1v) is 8.35. The van der Waals surface area contributed by atoms with E-state index in [1.165, 1.54) is 0 Å². The zero-order chi connectivity index (χ0) is 16.8. The van der Waals surface area contributed by atoms with E-state index in [0.29, 0.717) is 13.2 Å². The van der Waals surface area contributed by atoms with Crippen molar-refractivity contribution in [1.29, 1.82) is 0 Å². The topological polar surface area (TPSA) is 47.9 Å². The number of rotatable bonds is 7. The quantitative estimate of drug-likeness (QED) is 0.849. The van der Waals surface area contributed by atoms with Crippen LogP contribution in [0.25, 0.3) is 0 Å². The molecule has 3 rings (SSSR count). The van der Waals surface area contributed by atoms with E-state index in [1.807, 2.05) is 67.6 Å². The fourth-order valence-corrected chi connectivity index (χ4v) is 3.02. The van der Waals surface area contributed by atoms with Crippen molar-refractivity contribution < 1.29 is 19.3 Å². The molecule has 1 saturated heterocycles. The average molecular weight is 328 g/mol. The van der Waals surface area contributed by atoms with E-state index in [1.54, 1.807) is 0 Å². The Labute approximate surface area is 143 Å². The highest BCUT2D eigenvalue weighted by Crippen LogP contribution is 2.28. The summed E-state index contributed by atoms with van der Waals surface area (Å²) in [6.45, 7) is 2.87. The van der Waals surface area contributed by atoms with Gasteiger partial charge in [0.15, 0.2) is 0 Å². The number of benzene rings is 2. The lowest BCUT2D eigenvalue weighted by molar-refractivity contribution is -0.0828. The molecule has 0 aromatic heterocycles. The molecule has 0 unspecified atom stereocenters. The number of aliphatic hydroxyl groups is 1. The van der Waals surface area contributed by atoms with Crippen LogP contribution in [0.5, 0.6) is 0 Å². The molecule has 0 amide bonds. The van der Waals surface area contributed by atoms with Crippen molar-refractivity contribution in [2.45, 2.75) is 44.6 Å². The molecule has 1 N–H and O–H groups in total. The predicted molar refractivity (Wildman–Crippen MR) is 91.5 cm³/mol. The number of aliphatic hydroxyl groups excluding tert-OH is 1. The Morgan fingerprint density at radius 1 is 0.833 bits per heavy atom. The van der Waals surface area contributed by atoms with Gasteiger partial charge in [-0.05, 0) is 18.1 Å². The van der Waals surface area contributed by atoms with Crippen LogP contribution >= 0.6 is 0 Å². The van der Waals surface area contributed by atoms with E-state index < -0.39 is 0 Å². The summed E-state index contributed by atoms with van der Waals surface area (Å²) in [7, 11) is 0. The summed E-state index contributed by atoms with van der Waals surface area (Å²) in [5.41, 5.74) is 2.20. The smallest absolute Gasteiger partial charge is 0.115 e. The highest BCUT2D eigenvalue weighted by molar-refractivity contribution is 5.14. The standard InChI is InChI=1S/C20H24O4/c1-15-19(22-13-16-8-4-2-5-9-16)20(18(12-21)24-15)23-14-17-10-6-3-7-11-17/h2-11,15,18-21H,12-14H2,1H3/t15-,18+,19-,20-/m1/s1. The zero-order valence-corrected chi connectivity index (χ0v) is 13.9. The minimum atomic E-state index is -0.357. The number of ether oxygens (including phenoxy) is 3. The Hall–Kier alpha value is -1.72. The van der Waals surface area contributed by atoms with E-state index in [2.05, 4.69) is 0 Å². The van der Waals surface area contributed by atoms with E-state index in [4.69, 9.17) is 14.2 Å². The first-order valence-electron chi connectivity index (χ1n) is 8.35. The molecule has 128 valence electrons. The van der Waals surface area contributed by atoms with Gasteiger partial charge in [0.25, 0.3) is 0 Å². The van der Waals surface area contributed by atoms with Gasteiger partial charge in [-0.15, -0.1) is 0 Å². The van der Waals surface area contributed by atoms with Crippen LogP contribution in [0.1, 0.15) is 18.1 Å². The van der Waals surface area contributed by atoms with Gasteiger partial charge in [0.1, 0.15) is 18.3 Å². The van der Waals surface area contributed by atoms with Crippen LogP contribution < -0.4 is 0 Å². The van der Waals surface area contributed by atoms with E-state index >= 15 is 0 Å². The second-order valence-electron chi connectivity index (χ2n) is 6.08. The molecule has 24 heavy (non-hydrogen) atoms. The highest BCUT2D eigenvalue weighted by Gasteiger charge is 2.43. The summed E-state index contributed by atoms with van der Waals surface area (Å²) in [6.07, 6.45) is -0.962. The Bertz CT molecular complexity index is 602. The van der Waals surface area contributed by atoms with Crippen molar-refractivity contribution in [3.8, 4) is 0 Å². The SMILES string of the molecule is C[C@H]1O[C@@H](CO)[C@@H](OCc2ccccc2)[C@@H]1OCc1ccccc1. The number of hydrogen-bond acceptors (Lipinski definition) is 4. The van der Waals surface area contributed by atoms with Gasteiger partial charge in [0, 0.05) is 0 Å². The van der Waals surface area contributed by atoms with Gasteiger partial charge in [-0.1, -0.05) is 60.7 Å². The zero-order valence-electron chi connectivity index (χ0n) is 13.9. The molecule has 0 saturated carbocycles. The third kappa shape index (κ3) is 4.22. The largest absolute Gasteiger partial charge is 0.394 e. The van der Waals surface area contributed by atoms with Crippen LogP contribution in [0.15, 0.2) is 60.7 Å². The monoisotopic (exact) mass is 328 g/mol. The van der Waals surface area contributed by atoms with Crippen LogP contribution in [0.2, 0.25) is 0 Å². The molecule has 2 aromatic rings. The van der Waals surface area contributed by atoms with Gasteiger partial charge in [-0.25, -0.2) is 0 Å². The van der Waals surface area contributed by atoms with Crippen LogP contribution in [-0.4, -0.2) is 36.1 Å². The average Bonchev–Trinajstić information content (AvgIpc) is 2.94. The second kappa shape index (κ2) is 8.40. The van der Waals surface area contributed by atoms with E-state index in [0.717, 1.165) is 11.1 Å². The Morgan fingerprint density at radius 2 is 1.33 bits per heavy atom. The molecule has 2 aromatic carbocycles. The maximum absolute atomic E-state index is 9.59. The van der Waals surface area contributed by atoms with Gasteiger partial charge in [-0.2, -0.15) is 0 Å². The Morgan fingerprint density at radius 3 is 1.83 bits per heavy atom. The molecule has 0 spiro atoms. The lowest BCUT2D eigenvalue weighted by Gasteiger charge is -2.23. The molecule has 4 heteroatoms. The lowest BCUT2D eigenvalue weighted by Crippen LogP contribution is -2.38. The van der Waals surface area contributed by atoms with Gasteiger partial charge >= 0.3 is 0 Å². The van der Waals surface area contributed by atoms with Crippen LogP contribution in [0.3, 0.4) is 0 Å². The Kier molecular flexibility index (Phi) is 5.99. The maximum atomic E-state index is 9.59. The molecular weight excluding hydrogens is 304 g/mol. The van der Waals surface area contributed by atoms with E-state index in [-0.39, 0.29) is 31.0 Å². The van der Waals surface area contributed by atoms with Crippen molar-refractivity contribution in [2.75, 3.05) is 6.61 Å². The third-order valence-electron chi connectivity index (χ3n) is 4.29. The molecular formula is C20H24O4. The van der Waals surface area contributed by atoms with Crippen LogP contribution in [0.4, 0.5) is 0 Å². The van der Waals surface area contributed by atoms with Crippen molar-refractivity contribution in [3.63, 3.8) is 0 Å². The van der Waals surface area contributed by atoms with Crippen molar-refractivity contribution in [3.05, 3.63) is 71.8 Å². The summed E-state index contributed by atoms with van der Waals surface area (Å²) >= 11 is 0.